The lowest BCUT2D eigenvalue weighted by atomic mass is 10.2. The molecule has 0 radical (unpaired) electrons. The summed E-state index contributed by atoms with van der Waals surface area (Å²) in [6.45, 7) is 0. The van der Waals surface area contributed by atoms with Crippen molar-refractivity contribution in [1.29, 1.82) is 0 Å². The quantitative estimate of drug-likeness (QED) is 0.569. The Kier molecular flexibility index (Phi) is 4.50. The monoisotopic (exact) mass is 240 g/mol. The van der Waals surface area contributed by atoms with Gasteiger partial charge in [0.2, 0.25) is 0 Å². The van der Waals surface area contributed by atoms with Crippen molar-refractivity contribution in [3.63, 3.8) is 0 Å². The fraction of sp³-hybridized carbons (Fsp3) is 0.500. The molecule has 1 aromatic rings. The molecule has 1 aromatic heterocycles. The Morgan fingerprint density at radius 3 is 2.65 bits per heavy atom. The molecule has 0 aliphatic carbocycles. The van der Waals surface area contributed by atoms with Crippen molar-refractivity contribution >= 4 is 17.7 Å². The van der Waals surface area contributed by atoms with Gasteiger partial charge in [0, 0.05) is 26.9 Å². The van der Waals surface area contributed by atoms with Gasteiger partial charge in [-0.15, -0.1) is 0 Å². The molecule has 0 aliphatic heterocycles. The van der Waals surface area contributed by atoms with E-state index in [1.54, 1.807) is 7.05 Å². The highest BCUT2D eigenvalue weighted by Crippen LogP contribution is 2.13. The number of anilines is 1. The zero-order valence-corrected chi connectivity index (χ0v) is 9.83. The molecule has 4 N–H and O–H groups in total. The van der Waals surface area contributed by atoms with Crippen molar-refractivity contribution < 1.29 is 14.7 Å². The smallest absolute Gasteiger partial charge is 0.303 e. The van der Waals surface area contributed by atoms with Gasteiger partial charge in [-0.05, 0) is 6.42 Å². The number of rotatable bonds is 6. The minimum absolute atomic E-state index is 0.0882. The second-order valence-corrected chi connectivity index (χ2v) is 3.48. The number of imidazole rings is 1. The Labute approximate surface area is 98.6 Å². The number of nitrogens with one attached hydrogen (secondary N) is 3. The van der Waals surface area contributed by atoms with Crippen LogP contribution in [0.25, 0.3) is 0 Å². The SMILES string of the molecule is CNC(=O)c1[nH]c(CCCC(=O)O)nc1NC. The molecular weight excluding hydrogens is 224 g/mol. The van der Waals surface area contributed by atoms with Crippen LogP contribution in [-0.4, -0.2) is 41.0 Å². The maximum atomic E-state index is 11.5. The lowest BCUT2D eigenvalue weighted by Crippen LogP contribution is -2.19. The predicted molar refractivity (Wildman–Crippen MR) is 62.1 cm³/mol. The molecule has 0 atom stereocenters. The fourth-order valence-electron chi connectivity index (χ4n) is 1.42. The summed E-state index contributed by atoms with van der Waals surface area (Å²) >= 11 is 0. The molecule has 7 heteroatoms. The molecule has 7 nitrogen and oxygen atoms in total. The van der Waals surface area contributed by atoms with E-state index in [1.165, 1.54) is 7.05 Å². The molecule has 0 fully saturated rings. The highest BCUT2D eigenvalue weighted by molar-refractivity contribution is 5.96. The van der Waals surface area contributed by atoms with Crippen LogP contribution in [0, 0.1) is 0 Å². The van der Waals surface area contributed by atoms with Crippen LogP contribution in [0.5, 0.6) is 0 Å². The molecule has 0 bridgehead atoms. The first-order valence-corrected chi connectivity index (χ1v) is 5.29. The highest BCUT2D eigenvalue weighted by Gasteiger charge is 2.15. The van der Waals surface area contributed by atoms with Gasteiger partial charge in [-0.2, -0.15) is 0 Å². The summed E-state index contributed by atoms with van der Waals surface area (Å²) in [4.78, 5) is 28.9. The maximum absolute atomic E-state index is 11.5. The average Bonchev–Trinajstić information content (AvgIpc) is 2.71. The molecular formula is C10H16N4O3. The van der Waals surface area contributed by atoms with E-state index in [0.29, 0.717) is 30.2 Å². The zero-order valence-electron chi connectivity index (χ0n) is 9.83. The number of aliphatic carboxylic acids is 1. The second-order valence-electron chi connectivity index (χ2n) is 3.48. The first kappa shape index (κ1) is 13.0. The maximum Gasteiger partial charge on any atom is 0.303 e. The van der Waals surface area contributed by atoms with E-state index < -0.39 is 5.97 Å². The number of H-pyrrole nitrogens is 1. The van der Waals surface area contributed by atoms with Gasteiger partial charge >= 0.3 is 5.97 Å². The Balaban J connectivity index is 2.71. The number of hydrogen-bond acceptors (Lipinski definition) is 4. The number of carbonyl (C=O) groups is 2. The third-order valence-corrected chi connectivity index (χ3v) is 2.25. The van der Waals surface area contributed by atoms with Gasteiger partial charge in [0.1, 0.15) is 11.5 Å². The number of carboxylic acid groups (broad SMARTS) is 1. The van der Waals surface area contributed by atoms with Crippen LogP contribution in [-0.2, 0) is 11.2 Å². The molecule has 0 saturated carbocycles. The lowest BCUT2D eigenvalue weighted by molar-refractivity contribution is -0.137. The summed E-state index contributed by atoms with van der Waals surface area (Å²) in [5.41, 5.74) is 0.361. The van der Waals surface area contributed by atoms with Gasteiger partial charge < -0.3 is 20.7 Å². The molecule has 0 aliphatic rings. The summed E-state index contributed by atoms with van der Waals surface area (Å²) in [6.07, 6.45) is 1.07. The Bertz CT molecular complexity index is 414. The van der Waals surface area contributed by atoms with Crippen molar-refractivity contribution in [3.05, 3.63) is 11.5 Å². The minimum Gasteiger partial charge on any atom is -0.481 e. The molecule has 0 saturated heterocycles. The number of carboxylic acids is 1. The average molecular weight is 240 g/mol. The molecule has 0 aromatic carbocycles. The highest BCUT2D eigenvalue weighted by atomic mass is 16.4. The number of aromatic nitrogens is 2. The molecule has 1 rings (SSSR count). The number of aromatic amines is 1. The molecule has 0 unspecified atom stereocenters. The van der Waals surface area contributed by atoms with Crippen molar-refractivity contribution in [2.24, 2.45) is 0 Å². The standard InChI is InChI=1S/C10H16N4O3/c1-11-9-8(10(17)12-2)13-6(14-9)4-3-5-7(15)16/h11H,3-5H2,1-2H3,(H,12,17)(H,13,14)(H,15,16). The molecule has 1 heterocycles. The predicted octanol–water partition coefficient (Wildman–Crippen LogP) is 0.218. The Hall–Kier alpha value is -2.05. The van der Waals surface area contributed by atoms with E-state index in [4.69, 9.17) is 5.11 Å². The summed E-state index contributed by atoms with van der Waals surface area (Å²) in [7, 11) is 3.20. The first-order valence-electron chi connectivity index (χ1n) is 5.29. The molecule has 0 spiro atoms. The van der Waals surface area contributed by atoms with Crippen LogP contribution in [0.1, 0.15) is 29.2 Å². The number of carbonyl (C=O) groups excluding carboxylic acids is 1. The number of nitrogens with zero attached hydrogens (tertiary/aromatic N) is 1. The van der Waals surface area contributed by atoms with Crippen LogP contribution < -0.4 is 10.6 Å². The molecule has 94 valence electrons. The van der Waals surface area contributed by atoms with Crippen molar-refractivity contribution in [3.8, 4) is 0 Å². The van der Waals surface area contributed by atoms with Crippen LogP contribution >= 0.6 is 0 Å². The van der Waals surface area contributed by atoms with E-state index in [9.17, 15) is 9.59 Å². The third kappa shape index (κ3) is 3.47. The largest absolute Gasteiger partial charge is 0.481 e. The Morgan fingerprint density at radius 1 is 1.41 bits per heavy atom. The van der Waals surface area contributed by atoms with Crippen molar-refractivity contribution in [1.82, 2.24) is 15.3 Å². The lowest BCUT2D eigenvalue weighted by Gasteiger charge is -1.98. The van der Waals surface area contributed by atoms with Crippen molar-refractivity contribution in [2.45, 2.75) is 19.3 Å². The van der Waals surface area contributed by atoms with E-state index in [-0.39, 0.29) is 12.3 Å². The summed E-state index contributed by atoms with van der Waals surface area (Å²) in [5.74, 6) is -0.0212. The van der Waals surface area contributed by atoms with Gasteiger partial charge in [-0.3, -0.25) is 9.59 Å². The van der Waals surface area contributed by atoms with Crippen LogP contribution in [0.15, 0.2) is 0 Å². The number of amides is 1. The normalized spacial score (nSPS) is 10.0. The van der Waals surface area contributed by atoms with Crippen LogP contribution in [0.3, 0.4) is 0 Å². The first-order chi connectivity index (χ1) is 8.08. The zero-order chi connectivity index (χ0) is 12.8. The van der Waals surface area contributed by atoms with Crippen LogP contribution in [0.2, 0.25) is 0 Å². The summed E-state index contributed by atoms with van der Waals surface area (Å²) in [5, 5.41) is 13.8. The van der Waals surface area contributed by atoms with Gasteiger partial charge in [0.05, 0.1) is 0 Å². The van der Waals surface area contributed by atoms with Gasteiger partial charge in [0.15, 0.2) is 5.82 Å². The van der Waals surface area contributed by atoms with E-state index >= 15 is 0 Å². The van der Waals surface area contributed by atoms with E-state index in [0.717, 1.165) is 0 Å². The van der Waals surface area contributed by atoms with E-state index in [1.807, 2.05) is 0 Å². The van der Waals surface area contributed by atoms with Crippen molar-refractivity contribution in [2.75, 3.05) is 19.4 Å². The van der Waals surface area contributed by atoms with Gasteiger partial charge in [0.25, 0.3) is 5.91 Å². The minimum atomic E-state index is -0.836. The number of aryl methyl sites for hydroxylation is 1. The van der Waals surface area contributed by atoms with E-state index in [2.05, 4.69) is 20.6 Å². The molecule has 17 heavy (non-hydrogen) atoms. The number of hydrogen-bond donors (Lipinski definition) is 4. The van der Waals surface area contributed by atoms with Gasteiger partial charge in [-0.1, -0.05) is 0 Å². The Morgan fingerprint density at radius 2 is 2.12 bits per heavy atom. The van der Waals surface area contributed by atoms with Crippen LogP contribution in [0.4, 0.5) is 5.82 Å². The summed E-state index contributed by atoms with van der Waals surface area (Å²) < 4.78 is 0. The van der Waals surface area contributed by atoms with Gasteiger partial charge in [-0.25, -0.2) is 4.98 Å². The topological polar surface area (TPSA) is 107 Å². The summed E-state index contributed by atoms with van der Waals surface area (Å²) in [6, 6.07) is 0. The fourth-order valence-corrected chi connectivity index (χ4v) is 1.42. The molecule has 1 amide bonds. The third-order valence-electron chi connectivity index (χ3n) is 2.25. The second kappa shape index (κ2) is 5.88.